The first-order valence-electron chi connectivity index (χ1n) is 6.64. The van der Waals surface area contributed by atoms with Gasteiger partial charge in [0.2, 0.25) is 0 Å². The van der Waals surface area contributed by atoms with Crippen LogP contribution in [0.15, 0.2) is 24.3 Å². The predicted octanol–water partition coefficient (Wildman–Crippen LogP) is 2.86. The molecule has 0 radical (unpaired) electrons. The number of hydrogen-bond donors (Lipinski definition) is 1. The molecule has 1 aromatic rings. The molecule has 98 valence electrons. The molecule has 0 atom stereocenters. The van der Waals surface area contributed by atoms with Gasteiger partial charge in [0.05, 0.1) is 6.54 Å². The fourth-order valence-corrected chi connectivity index (χ4v) is 2.75. The lowest BCUT2D eigenvalue weighted by atomic mass is 9.97. The van der Waals surface area contributed by atoms with Crippen molar-refractivity contribution >= 4 is 5.97 Å². The number of aliphatic carboxylic acids is 1. The molecule has 1 fully saturated rings. The molecule has 0 aliphatic heterocycles. The van der Waals surface area contributed by atoms with Gasteiger partial charge in [-0.1, -0.05) is 37.1 Å². The molecule has 3 nitrogen and oxygen atoms in total. The average molecular weight is 247 g/mol. The van der Waals surface area contributed by atoms with E-state index in [4.69, 9.17) is 5.11 Å². The van der Waals surface area contributed by atoms with Crippen LogP contribution in [0.2, 0.25) is 0 Å². The molecule has 0 bridgehead atoms. The van der Waals surface area contributed by atoms with E-state index in [1.807, 2.05) is 11.9 Å². The summed E-state index contributed by atoms with van der Waals surface area (Å²) in [7, 11) is 1.83. The Morgan fingerprint density at radius 2 is 1.89 bits per heavy atom. The third kappa shape index (κ3) is 3.57. The zero-order chi connectivity index (χ0) is 13.0. The van der Waals surface area contributed by atoms with Crippen molar-refractivity contribution in [3.05, 3.63) is 35.4 Å². The standard InChI is InChI=1S/C15H21NO2/c1-16(11-15(17)18)10-12-6-8-14(9-7-12)13-4-2-3-5-13/h6-9,13H,2-5,10-11H2,1H3,(H,17,18). The summed E-state index contributed by atoms with van der Waals surface area (Å²) in [5.74, 6) is -0.0316. The van der Waals surface area contributed by atoms with E-state index in [9.17, 15) is 4.79 Å². The minimum atomic E-state index is -0.778. The number of hydrogen-bond acceptors (Lipinski definition) is 2. The third-order valence-electron chi connectivity index (χ3n) is 3.66. The number of carboxylic acids is 1. The first kappa shape index (κ1) is 13.1. The van der Waals surface area contributed by atoms with E-state index in [0.29, 0.717) is 6.54 Å². The summed E-state index contributed by atoms with van der Waals surface area (Å²) >= 11 is 0. The van der Waals surface area contributed by atoms with Gasteiger partial charge in [-0.05, 0) is 36.9 Å². The van der Waals surface area contributed by atoms with Crippen LogP contribution in [-0.4, -0.2) is 29.6 Å². The Bertz CT molecular complexity index is 393. The van der Waals surface area contributed by atoms with Gasteiger partial charge in [-0.15, -0.1) is 0 Å². The molecule has 18 heavy (non-hydrogen) atoms. The highest BCUT2D eigenvalue weighted by Crippen LogP contribution is 2.33. The van der Waals surface area contributed by atoms with Crippen LogP contribution >= 0.6 is 0 Å². The van der Waals surface area contributed by atoms with Crippen LogP contribution in [0.3, 0.4) is 0 Å². The fraction of sp³-hybridized carbons (Fsp3) is 0.533. The molecule has 0 saturated heterocycles. The molecule has 0 heterocycles. The van der Waals surface area contributed by atoms with Crippen molar-refractivity contribution in [2.24, 2.45) is 0 Å². The van der Waals surface area contributed by atoms with Crippen LogP contribution in [0.1, 0.15) is 42.7 Å². The van der Waals surface area contributed by atoms with Gasteiger partial charge in [0.15, 0.2) is 0 Å². The van der Waals surface area contributed by atoms with Crippen LogP contribution in [0.4, 0.5) is 0 Å². The molecule has 1 aliphatic rings. The Morgan fingerprint density at radius 3 is 2.44 bits per heavy atom. The van der Waals surface area contributed by atoms with Crippen LogP contribution in [0, 0.1) is 0 Å². The molecule has 0 unspecified atom stereocenters. The van der Waals surface area contributed by atoms with Crippen molar-refractivity contribution in [2.45, 2.75) is 38.1 Å². The second kappa shape index (κ2) is 6.01. The molecular weight excluding hydrogens is 226 g/mol. The maximum Gasteiger partial charge on any atom is 0.317 e. The van der Waals surface area contributed by atoms with Gasteiger partial charge in [-0.2, -0.15) is 0 Å². The van der Waals surface area contributed by atoms with Crippen LogP contribution < -0.4 is 0 Å². The zero-order valence-corrected chi connectivity index (χ0v) is 10.9. The molecule has 2 rings (SSSR count). The van der Waals surface area contributed by atoms with Crippen molar-refractivity contribution in [3.63, 3.8) is 0 Å². The number of rotatable bonds is 5. The van der Waals surface area contributed by atoms with Crippen molar-refractivity contribution in [3.8, 4) is 0 Å². The second-order valence-corrected chi connectivity index (χ2v) is 5.29. The molecule has 1 N–H and O–H groups in total. The summed E-state index contributed by atoms with van der Waals surface area (Å²) in [6.45, 7) is 0.779. The highest BCUT2D eigenvalue weighted by molar-refractivity contribution is 5.69. The molecular formula is C15H21NO2. The van der Waals surface area contributed by atoms with Gasteiger partial charge in [0.1, 0.15) is 0 Å². The lowest BCUT2D eigenvalue weighted by Gasteiger charge is -2.15. The molecule has 0 amide bonds. The number of likely N-dealkylation sites (N-methyl/N-ethyl adjacent to an activating group) is 1. The molecule has 1 aliphatic carbocycles. The Balaban J connectivity index is 1.92. The number of nitrogens with zero attached hydrogens (tertiary/aromatic N) is 1. The minimum absolute atomic E-state index is 0.0877. The summed E-state index contributed by atoms with van der Waals surface area (Å²) in [5.41, 5.74) is 2.62. The van der Waals surface area contributed by atoms with E-state index in [0.717, 1.165) is 5.92 Å². The zero-order valence-electron chi connectivity index (χ0n) is 10.9. The Kier molecular flexibility index (Phi) is 4.37. The lowest BCUT2D eigenvalue weighted by Crippen LogP contribution is -2.25. The lowest BCUT2D eigenvalue weighted by molar-refractivity contribution is -0.138. The Hall–Kier alpha value is -1.35. The van der Waals surface area contributed by atoms with E-state index in [-0.39, 0.29) is 6.54 Å². The van der Waals surface area contributed by atoms with E-state index >= 15 is 0 Å². The van der Waals surface area contributed by atoms with Gasteiger partial charge >= 0.3 is 5.97 Å². The predicted molar refractivity (Wildman–Crippen MR) is 71.6 cm³/mol. The second-order valence-electron chi connectivity index (χ2n) is 5.29. The van der Waals surface area contributed by atoms with Crippen LogP contribution in [-0.2, 0) is 11.3 Å². The van der Waals surface area contributed by atoms with E-state index < -0.39 is 5.97 Å². The summed E-state index contributed by atoms with van der Waals surface area (Å²) < 4.78 is 0. The van der Waals surface area contributed by atoms with Gasteiger partial charge in [-0.25, -0.2) is 0 Å². The Labute approximate surface area is 108 Å². The fourth-order valence-electron chi connectivity index (χ4n) is 2.75. The Morgan fingerprint density at radius 1 is 1.28 bits per heavy atom. The summed E-state index contributed by atoms with van der Waals surface area (Å²) in [4.78, 5) is 12.4. The number of carboxylic acid groups (broad SMARTS) is 1. The van der Waals surface area contributed by atoms with Crippen molar-refractivity contribution < 1.29 is 9.90 Å². The smallest absolute Gasteiger partial charge is 0.317 e. The molecule has 0 aromatic heterocycles. The van der Waals surface area contributed by atoms with E-state index in [2.05, 4.69) is 24.3 Å². The largest absolute Gasteiger partial charge is 0.480 e. The van der Waals surface area contributed by atoms with E-state index in [1.165, 1.54) is 36.8 Å². The summed E-state index contributed by atoms with van der Waals surface area (Å²) in [6, 6.07) is 8.68. The highest BCUT2D eigenvalue weighted by Gasteiger charge is 2.16. The number of benzene rings is 1. The molecule has 0 spiro atoms. The highest BCUT2D eigenvalue weighted by atomic mass is 16.4. The summed E-state index contributed by atoms with van der Waals surface area (Å²) in [5, 5.41) is 8.71. The maximum absolute atomic E-state index is 10.6. The monoisotopic (exact) mass is 247 g/mol. The molecule has 1 aromatic carbocycles. The van der Waals surface area contributed by atoms with Crippen molar-refractivity contribution in [2.75, 3.05) is 13.6 Å². The third-order valence-corrected chi connectivity index (χ3v) is 3.66. The van der Waals surface area contributed by atoms with Crippen molar-refractivity contribution in [1.82, 2.24) is 4.90 Å². The minimum Gasteiger partial charge on any atom is -0.480 e. The van der Waals surface area contributed by atoms with Gasteiger partial charge in [0.25, 0.3) is 0 Å². The average Bonchev–Trinajstić information content (AvgIpc) is 2.82. The topological polar surface area (TPSA) is 40.5 Å². The van der Waals surface area contributed by atoms with Gasteiger partial charge in [0, 0.05) is 6.54 Å². The first-order valence-corrected chi connectivity index (χ1v) is 6.64. The number of carbonyl (C=O) groups is 1. The SMILES string of the molecule is CN(CC(=O)O)Cc1ccc(C2CCCC2)cc1. The normalized spacial score (nSPS) is 16.3. The van der Waals surface area contributed by atoms with E-state index in [1.54, 1.807) is 0 Å². The van der Waals surface area contributed by atoms with Crippen LogP contribution in [0.25, 0.3) is 0 Å². The van der Waals surface area contributed by atoms with Crippen LogP contribution in [0.5, 0.6) is 0 Å². The molecule has 1 saturated carbocycles. The maximum atomic E-state index is 10.6. The van der Waals surface area contributed by atoms with Gasteiger partial charge < -0.3 is 5.11 Å². The van der Waals surface area contributed by atoms with Crippen molar-refractivity contribution in [1.29, 1.82) is 0 Å². The quantitative estimate of drug-likeness (QED) is 0.869. The molecule has 3 heteroatoms. The first-order chi connectivity index (χ1) is 8.65. The van der Waals surface area contributed by atoms with Gasteiger partial charge in [-0.3, -0.25) is 9.69 Å². The summed E-state index contributed by atoms with van der Waals surface area (Å²) in [6.07, 6.45) is 5.35.